The van der Waals surface area contributed by atoms with Gasteiger partial charge in [0, 0.05) is 12.0 Å². The van der Waals surface area contributed by atoms with Gasteiger partial charge in [-0.3, -0.25) is 0 Å². The third-order valence-electron chi connectivity index (χ3n) is 4.79. The van der Waals surface area contributed by atoms with Gasteiger partial charge in [-0.2, -0.15) is 4.68 Å². The summed E-state index contributed by atoms with van der Waals surface area (Å²) >= 11 is 5.32. The molecule has 0 amide bonds. The number of benzene rings is 2. The van der Waals surface area contributed by atoms with Gasteiger partial charge in [-0.25, -0.2) is 4.39 Å². The Hall–Kier alpha value is -2.51. The summed E-state index contributed by atoms with van der Waals surface area (Å²) in [5.41, 5.74) is 2.78. The molecule has 0 aliphatic carbocycles. The molecule has 140 valence electrons. The molecule has 4 rings (SSSR count). The van der Waals surface area contributed by atoms with Gasteiger partial charge in [-0.15, -0.1) is 5.10 Å². The molecule has 27 heavy (non-hydrogen) atoms. The molecule has 0 bridgehead atoms. The van der Waals surface area contributed by atoms with Crippen molar-refractivity contribution in [3.8, 4) is 5.75 Å². The van der Waals surface area contributed by atoms with Gasteiger partial charge in [-0.05, 0) is 36.8 Å². The van der Waals surface area contributed by atoms with Gasteiger partial charge in [0.25, 0.3) is 10.7 Å². The van der Waals surface area contributed by atoms with E-state index in [2.05, 4.69) is 29.4 Å². The summed E-state index contributed by atoms with van der Waals surface area (Å²) in [7, 11) is 0. The topological polar surface area (TPSA) is 44.6 Å². The smallest absolute Gasteiger partial charge is 0.292 e. The zero-order chi connectivity index (χ0) is 18.8. The largest absolute Gasteiger partial charge is 0.478 e. The van der Waals surface area contributed by atoms with Crippen LogP contribution in [0.4, 0.5) is 4.39 Å². The minimum absolute atomic E-state index is 0.166. The van der Waals surface area contributed by atoms with E-state index >= 15 is 0 Å². The second-order valence-electron chi connectivity index (χ2n) is 6.75. The molecule has 1 unspecified atom stereocenters. The number of nitrogens with one attached hydrogen (secondary N) is 1. The van der Waals surface area contributed by atoms with E-state index in [4.69, 9.17) is 21.4 Å². The van der Waals surface area contributed by atoms with E-state index in [0.29, 0.717) is 17.4 Å². The average Bonchev–Trinajstić information content (AvgIpc) is 3.04. The summed E-state index contributed by atoms with van der Waals surface area (Å²) in [6, 6.07) is 14.8. The van der Waals surface area contributed by atoms with Crippen LogP contribution < -0.4 is 9.64 Å². The Morgan fingerprint density at radius 1 is 1.22 bits per heavy atom. The second kappa shape index (κ2) is 7.62. The molecule has 1 aliphatic heterocycles. The lowest BCUT2D eigenvalue weighted by Gasteiger charge is -2.25. The van der Waals surface area contributed by atoms with E-state index in [1.807, 2.05) is 0 Å². The van der Waals surface area contributed by atoms with E-state index in [1.54, 1.807) is 29.8 Å². The highest BCUT2D eigenvalue weighted by Gasteiger charge is 2.22. The SMILES string of the molecule is C[C@H](Oc1ccccc1F)c1nn(C[NH+]2CCc3ccccc3C2)c(=S)o1. The first kappa shape index (κ1) is 17.9. The Morgan fingerprint density at radius 2 is 1.96 bits per heavy atom. The number of rotatable bonds is 5. The summed E-state index contributed by atoms with van der Waals surface area (Å²) in [5, 5.41) is 4.46. The van der Waals surface area contributed by atoms with Gasteiger partial charge in [0.05, 0.1) is 6.54 Å². The van der Waals surface area contributed by atoms with Crippen LogP contribution in [0.25, 0.3) is 0 Å². The fourth-order valence-corrected chi connectivity index (χ4v) is 3.55. The fraction of sp³-hybridized carbons (Fsp3) is 0.300. The number of hydrogen-bond acceptors (Lipinski definition) is 4. The summed E-state index contributed by atoms with van der Waals surface area (Å²) in [6.45, 7) is 4.34. The molecule has 0 fully saturated rings. The number of halogens is 1. The summed E-state index contributed by atoms with van der Waals surface area (Å²) < 4.78 is 26.7. The van der Waals surface area contributed by atoms with Crippen LogP contribution in [0, 0.1) is 10.7 Å². The molecule has 2 aromatic carbocycles. The van der Waals surface area contributed by atoms with Crippen molar-refractivity contribution in [1.29, 1.82) is 0 Å². The molecule has 0 spiro atoms. The molecule has 3 aromatic rings. The molecule has 1 aliphatic rings. The third kappa shape index (κ3) is 3.94. The lowest BCUT2D eigenvalue weighted by atomic mass is 10.0. The van der Waals surface area contributed by atoms with E-state index < -0.39 is 11.9 Å². The van der Waals surface area contributed by atoms with Crippen molar-refractivity contribution in [2.75, 3.05) is 6.54 Å². The summed E-state index contributed by atoms with van der Waals surface area (Å²) in [5.74, 6) is 0.0952. The monoisotopic (exact) mass is 386 g/mol. The third-order valence-corrected chi connectivity index (χ3v) is 5.08. The molecule has 1 N–H and O–H groups in total. The molecule has 7 heteroatoms. The zero-order valence-electron chi connectivity index (χ0n) is 15.0. The molecular weight excluding hydrogens is 365 g/mol. The van der Waals surface area contributed by atoms with Gasteiger partial charge < -0.3 is 14.1 Å². The number of quaternary nitrogens is 1. The number of fused-ring (bicyclic) bond motifs is 1. The van der Waals surface area contributed by atoms with Crippen LogP contribution in [0.5, 0.6) is 5.75 Å². The number of para-hydroxylation sites is 1. The van der Waals surface area contributed by atoms with Crippen molar-refractivity contribution >= 4 is 12.2 Å². The van der Waals surface area contributed by atoms with Crippen LogP contribution in [0.1, 0.15) is 30.0 Å². The molecule has 0 saturated carbocycles. The first-order valence-electron chi connectivity index (χ1n) is 8.99. The van der Waals surface area contributed by atoms with E-state index in [1.165, 1.54) is 22.1 Å². The summed E-state index contributed by atoms with van der Waals surface area (Å²) in [4.78, 5) is 1.67. The van der Waals surface area contributed by atoms with Crippen LogP contribution in [-0.2, 0) is 19.6 Å². The molecule has 5 nitrogen and oxygen atoms in total. The predicted octanol–water partition coefficient (Wildman–Crippen LogP) is 3.08. The maximum atomic E-state index is 13.8. The van der Waals surface area contributed by atoms with E-state index in [9.17, 15) is 4.39 Å². The average molecular weight is 386 g/mol. The van der Waals surface area contributed by atoms with Crippen molar-refractivity contribution in [2.24, 2.45) is 0 Å². The minimum Gasteiger partial charge on any atom is -0.478 e. The van der Waals surface area contributed by atoms with Crippen LogP contribution in [0.3, 0.4) is 0 Å². The first-order chi connectivity index (χ1) is 13.1. The van der Waals surface area contributed by atoms with Gasteiger partial charge in [0.2, 0.25) is 0 Å². The Labute approximate surface area is 162 Å². The standard InChI is InChI=1S/C20H20FN3O2S/c1-14(25-18-9-5-4-8-17(18)21)19-22-24(20(27)26-19)13-23-11-10-15-6-2-3-7-16(15)12-23/h2-9,14H,10-13H2,1H3/p+1/t14-/m0/s1. The lowest BCUT2D eigenvalue weighted by Crippen LogP contribution is -3.11. The number of ether oxygens (including phenoxy) is 1. The van der Waals surface area contributed by atoms with E-state index in [-0.39, 0.29) is 5.75 Å². The van der Waals surface area contributed by atoms with Crippen LogP contribution in [-0.4, -0.2) is 16.3 Å². The minimum atomic E-state index is -0.540. The molecule has 2 heterocycles. The maximum Gasteiger partial charge on any atom is 0.292 e. The van der Waals surface area contributed by atoms with Crippen molar-refractivity contribution in [1.82, 2.24) is 9.78 Å². The lowest BCUT2D eigenvalue weighted by molar-refractivity contribution is -0.939. The quantitative estimate of drug-likeness (QED) is 0.685. The Balaban J connectivity index is 1.46. The predicted molar refractivity (Wildman–Crippen MR) is 100 cm³/mol. The maximum absolute atomic E-state index is 13.8. The van der Waals surface area contributed by atoms with Crippen LogP contribution >= 0.6 is 12.2 Å². The number of nitrogens with zero attached hydrogens (tertiary/aromatic N) is 2. The fourth-order valence-electron chi connectivity index (χ4n) is 3.36. The first-order valence-corrected chi connectivity index (χ1v) is 9.40. The van der Waals surface area contributed by atoms with Crippen molar-refractivity contribution in [2.45, 2.75) is 32.7 Å². The summed E-state index contributed by atoms with van der Waals surface area (Å²) in [6.07, 6.45) is 0.498. The van der Waals surface area contributed by atoms with Crippen LogP contribution in [0.15, 0.2) is 52.9 Å². The van der Waals surface area contributed by atoms with Crippen molar-refractivity contribution in [3.63, 3.8) is 0 Å². The molecular formula is C20H21FN3O2S+. The van der Waals surface area contributed by atoms with Crippen molar-refractivity contribution in [3.05, 3.63) is 76.2 Å². The highest BCUT2D eigenvalue weighted by atomic mass is 32.1. The highest BCUT2D eigenvalue weighted by Crippen LogP contribution is 2.23. The van der Waals surface area contributed by atoms with Gasteiger partial charge in [0.1, 0.15) is 6.54 Å². The molecule has 0 saturated heterocycles. The second-order valence-corrected chi connectivity index (χ2v) is 7.10. The number of hydrogen-bond donors (Lipinski definition) is 1. The van der Waals surface area contributed by atoms with Crippen LogP contribution in [0.2, 0.25) is 0 Å². The molecule has 1 aromatic heterocycles. The van der Waals surface area contributed by atoms with Gasteiger partial charge in [-0.1, -0.05) is 36.4 Å². The normalized spacial score (nSPS) is 17.3. The van der Waals surface area contributed by atoms with E-state index in [0.717, 1.165) is 19.5 Å². The Kier molecular flexibility index (Phi) is 5.05. The molecule has 0 radical (unpaired) electrons. The Morgan fingerprint density at radius 3 is 2.78 bits per heavy atom. The Bertz CT molecular complexity index is 1000. The van der Waals surface area contributed by atoms with Gasteiger partial charge >= 0.3 is 0 Å². The van der Waals surface area contributed by atoms with Crippen molar-refractivity contribution < 1.29 is 18.4 Å². The molecule has 2 atom stereocenters. The zero-order valence-corrected chi connectivity index (χ0v) is 15.8. The van der Waals surface area contributed by atoms with Gasteiger partial charge in [0.15, 0.2) is 24.3 Å². The highest BCUT2D eigenvalue weighted by molar-refractivity contribution is 7.71. The number of aromatic nitrogens is 2.